The molecule has 0 rings (SSSR count). The Hall–Kier alpha value is -0.810. The molecule has 1 atom stereocenters. The van der Waals surface area contributed by atoms with Gasteiger partial charge in [-0.15, -0.1) is 0 Å². The average molecular weight is 223 g/mol. The quantitative estimate of drug-likeness (QED) is 0.634. The fourth-order valence-electron chi connectivity index (χ4n) is 0.929. The van der Waals surface area contributed by atoms with Crippen molar-refractivity contribution in [3.8, 4) is 0 Å². The van der Waals surface area contributed by atoms with Gasteiger partial charge in [-0.25, -0.2) is 4.79 Å². The predicted molar refractivity (Wildman–Crippen MR) is 52.5 cm³/mol. The molecule has 0 bridgehead atoms. The highest BCUT2D eigenvalue weighted by atomic mass is 35.5. The van der Waals surface area contributed by atoms with Crippen molar-refractivity contribution in [3.05, 3.63) is 0 Å². The van der Waals surface area contributed by atoms with Crippen LogP contribution in [0.1, 0.15) is 26.2 Å². The van der Waals surface area contributed by atoms with Crippen molar-refractivity contribution in [2.45, 2.75) is 32.2 Å². The van der Waals surface area contributed by atoms with Crippen molar-refractivity contribution in [2.24, 2.45) is 5.73 Å². The lowest BCUT2D eigenvalue weighted by molar-refractivity contribution is -0.135. The molecule has 0 aliphatic heterocycles. The van der Waals surface area contributed by atoms with Crippen molar-refractivity contribution in [2.75, 3.05) is 6.54 Å². The molecule has 0 saturated carbocycles. The van der Waals surface area contributed by atoms with E-state index in [0.717, 1.165) is 12.8 Å². The van der Waals surface area contributed by atoms with Crippen LogP contribution in [-0.2, 0) is 13.9 Å². The second-order valence-electron chi connectivity index (χ2n) is 2.98. The molecule has 0 heterocycles. The highest BCUT2D eigenvalue weighted by Crippen LogP contribution is 2.01. The lowest BCUT2D eigenvalue weighted by atomic mass is 10.1. The average Bonchev–Trinajstić information content (AvgIpc) is 2.15. The first kappa shape index (κ1) is 13.2. The summed E-state index contributed by atoms with van der Waals surface area (Å²) in [4.78, 5) is 21.2. The Morgan fingerprint density at radius 3 is 2.64 bits per heavy atom. The van der Waals surface area contributed by atoms with Gasteiger partial charge in [-0.1, -0.05) is 0 Å². The van der Waals surface area contributed by atoms with Crippen LogP contribution < -0.4 is 11.1 Å². The zero-order chi connectivity index (χ0) is 11.0. The topological polar surface area (TPSA) is 81.4 Å². The van der Waals surface area contributed by atoms with Gasteiger partial charge in [0.05, 0.1) is 0 Å². The summed E-state index contributed by atoms with van der Waals surface area (Å²) in [5.74, 6) is -0.680. The maximum Gasteiger partial charge on any atom is 0.341 e. The Kier molecular flexibility index (Phi) is 7.14. The van der Waals surface area contributed by atoms with Crippen LogP contribution in [-0.4, -0.2) is 24.5 Å². The number of halogens is 1. The number of carbonyl (C=O) groups excluding carboxylic acids is 2. The summed E-state index contributed by atoms with van der Waals surface area (Å²) in [6, 6.07) is -0.676. The summed E-state index contributed by atoms with van der Waals surface area (Å²) in [6.45, 7) is 2.05. The van der Waals surface area contributed by atoms with Crippen LogP contribution in [0.25, 0.3) is 0 Å². The first-order valence-corrected chi connectivity index (χ1v) is 4.71. The molecule has 1 unspecified atom stereocenters. The molecule has 3 N–H and O–H groups in total. The molecular weight excluding hydrogens is 208 g/mol. The van der Waals surface area contributed by atoms with Crippen molar-refractivity contribution in [1.82, 2.24) is 5.32 Å². The zero-order valence-corrected chi connectivity index (χ0v) is 8.84. The number of hydrogen-bond acceptors (Lipinski definition) is 4. The maximum atomic E-state index is 10.7. The van der Waals surface area contributed by atoms with E-state index in [1.807, 2.05) is 0 Å². The standard InChI is InChI=1S/C8H15ClN2O3/c1-6(12)11-5-3-2-4-7(10)8(13)14-9/h7H,2-5,10H2,1H3,(H,11,12). The molecule has 0 aromatic rings. The highest BCUT2D eigenvalue weighted by molar-refractivity contribution is 6.13. The van der Waals surface area contributed by atoms with E-state index in [2.05, 4.69) is 9.61 Å². The van der Waals surface area contributed by atoms with E-state index in [9.17, 15) is 9.59 Å². The molecule has 0 spiro atoms. The van der Waals surface area contributed by atoms with Crippen LogP contribution in [0.4, 0.5) is 0 Å². The van der Waals surface area contributed by atoms with Crippen LogP contribution in [0.5, 0.6) is 0 Å². The van der Waals surface area contributed by atoms with E-state index >= 15 is 0 Å². The Labute approximate surface area is 88.1 Å². The lowest BCUT2D eigenvalue weighted by Crippen LogP contribution is -2.30. The summed E-state index contributed by atoms with van der Waals surface area (Å²) in [5, 5.41) is 2.64. The van der Waals surface area contributed by atoms with Crippen LogP contribution in [0, 0.1) is 0 Å². The molecule has 5 nitrogen and oxygen atoms in total. The third kappa shape index (κ3) is 6.68. The minimum atomic E-state index is -0.676. The van der Waals surface area contributed by atoms with Gasteiger partial charge < -0.3 is 15.3 Å². The molecule has 0 aromatic heterocycles. The van der Waals surface area contributed by atoms with Crippen LogP contribution >= 0.6 is 11.9 Å². The normalized spacial score (nSPS) is 11.9. The monoisotopic (exact) mass is 222 g/mol. The molecule has 0 aliphatic rings. The first-order valence-electron chi connectivity index (χ1n) is 4.40. The number of rotatable bonds is 6. The molecule has 0 saturated heterocycles. The van der Waals surface area contributed by atoms with E-state index in [0.29, 0.717) is 13.0 Å². The zero-order valence-electron chi connectivity index (χ0n) is 8.09. The minimum absolute atomic E-state index is 0.0607. The number of nitrogens with two attached hydrogens (primary N) is 1. The summed E-state index contributed by atoms with van der Waals surface area (Å²) >= 11 is 4.84. The Morgan fingerprint density at radius 1 is 1.50 bits per heavy atom. The number of amides is 1. The summed E-state index contributed by atoms with van der Waals surface area (Å²) in [5.41, 5.74) is 5.42. The third-order valence-corrected chi connectivity index (χ3v) is 1.85. The smallest absolute Gasteiger partial charge is 0.341 e. The fraction of sp³-hybridized carbons (Fsp3) is 0.750. The van der Waals surface area contributed by atoms with Gasteiger partial charge in [0.2, 0.25) is 5.91 Å². The molecule has 1 amide bonds. The second-order valence-corrected chi connectivity index (χ2v) is 3.14. The van der Waals surface area contributed by atoms with Gasteiger partial charge in [0.15, 0.2) is 0 Å². The molecule has 0 radical (unpaired) electrons. The van der Waals surface area contributed by atoms with Crippen LogP contribution in [0.3, 0.4) is 0 Å². The van der Waals surface area contributed by atoms with E-state index < -0.39 is 12.0 Å². The van der Waals surface area contributed by atoms with Crippen molar-refractivity contribution in [1.29, 1.82) is 0 Å². The number of carbonyl (C=O) groups is 2. The molecule has 82 valence electrons. The predicted octanol–water partition coefficient (Wildman–Crippen LogP) is 0.317. The summed E-state index contributed by atoms with van der Waals surface area (Å²) in [6.07, 6.45) is 2.03. The Balaban J connectivity index is 3.36. The van der Waals surface area contributed by atoms with Gasteiger partial charge >= 0.3 is 5.97 Å². The fourth-order valence-corrected chi connectivity index (χ4v) is 1.04. The SMILES string of the molecule is CC(=O)NCCCCC(N)C(=O)OCl. The van der Waals surface area contributed by atoms with E-state index in [1.54, 1.807) is 0 Å². The van der Waals surface area contributed by atoms with Gasteiger partial charge in [0.1, 0.15) is 17.9 Å². The largest absolute Gasteiger partial charge is 0.356 e. The molecule has 0 aliphatic carbocycles. The van der Waals surface area contributed by atoms with Gasteiger partial charge in [0.25, 0.3) is 0 Å². The van der Waals surface area contributed by atoms with Gasteiger partial charge in [-0.05, 0) is 19.3 Å². The van der Waals surface area contributed by atoms with E-state index in [1.165, 1.54) is 6.92 Å². The van der Waals surface area contributed by atoms with Crippen molar-refractivity contribution < 1.29 is 13.9 Å². The second kappa shape index (κ2) is 7.58. The molecule has 14 heavy (non-hydrogen) atoms. The van der Waals surface area contributed by atoms with Crippen LogP contribution in [0.2, 0.25) is 0 Å². The van der Waals surface area contributed by atoms with Gasteiger partial charge in [-0.3, -0.25) is 4.79 Å². The van der Waals surface area contributed by atoms with Crippen molar-refractivity contribution >= 4 is 23.7 Å². The highest BCUT2D eigenvalue weighted by Gasteiger charge is 2.13. The maximum absolute atomic E-state index is 10.7. The van der Waals surface area contributed by atoms with Crippen molar-refractivity contribution in [3.63, 3.8) is 0 Å². The molecule has 0 aromatic carbocycles. The number of unbranched alkanes of at least 4 members (excludes halogenated alkanes) is 1. The number of hydrogen-bond donors (Lipinski definition) is 2. The Bertz CT molecular complexity index is 199. The van der Waals surface area contributed by atoms with Gasteiger partial charge in [0, 0.05) is 13.5 Å². The van der Waals surface area contributed by atoms with E-state index in [4.69, 9.17) is 17.6 Å². The molecule has 6 heteroatoms. The van der Waals surface area contributed by atoms with Gasteiger partial charge in [-0.2, -0.15) is 0 Å². The van der Waals surface area contributed by atoms with E-state index in [-0.39, 0.29) is 5.91 Å². The Morgan fingerprint density at radius 2 is 2.14 bits per heavy atom. The summed E-state index contributed by atoms with van der Waals surface area (Å²) < 4.78 is 3.95. The van der Waals surface area contributed by atoms with Crippen LogP contribution in [0.15, 0.2) is 0 Å². The third-order valence-electron chi connectivity index (χ3n) is 1.69. The first-order chi connectivity index (χ1) is 6.57. The molecular formula is C8H15ClN2O3. The number of nitrogens with one attached hydrogen (secondary N) is 1. The lowest BCUT2D eigenvalue weighted by Gasteiger charge is -2.07. The summed E-state index contributed by atoms with van der Waals surface area (Å²) in [7, 11) is 0. The molecule has 0 fully saturated rings. The minimum Gasteiger partial charge on any atom is -0.356 e.